The molecular formula is C13H10Br3NOS. The lowest BCUT2D eigenvalue weighted by atomic mass is 10.1. The number of para-hydroxylation sites is 1. The number of hydrogen-bond donors (Lipinski definition) is 1. The van der Waals surface area contributed by atoms with Crippen LogP contribution in [0, 0.1) is 0 Å². The highest BCUT2D eigenvalue weighted by atomic mass is 79.9. The molecule has 1 atom stereocenters. The van der Waals surface area contributed by atoms with Gasteiger partial charge in [0, 0.05) is 10.5 Å². The van der Waals surface area contributed by atoms with Crippen LogP contribution in [0.4, 0.5) is 5.69 Å². The fourth-order valence-electron chi connectivity index (χ4n) is 1.64. The molecule has 2 rings (SSSR count). The Morgan fingerprint density at radius 2 is 2.00 bits per heavy atom. The molecule has 2 aromatic rings. The molecule has 0 aliphatic carbocycles. The Hall–Kier alpha value is -0.170. The second-order valence-electron chi connectivity index (χ2n) is 3.90. The Morgan fingerprint density at radius 1 is 1.32 bits per heavy atom. The van der Waals surface area contributed by atoms with Crippen LogP contribution in [0.1, 0.15) is 27.7 Å². The van der Waals surface area contributed by atoms with Gasteiger partial charge in [-0.05, 0) is 56.5 Å². The van der Waals surface area contributed by atoms with E-state index in [1.54, 1.807) is 0 Å². The first-order valence-electron chi connectivity index (χ1n) is 5.48. The monoisotopic (exact) mass is 465 g/mol. The molecule has 0 saturated heterocycles. The normalized spacial score (nSPS) is 12.2. The smallest absolute Gasteiger partial charge is 0.257 e. The summed E-state index contributed by atoms with van der Waals surface area (Å²) in [6.07, 6.45) is 0. The summed E-state index contributed by atoms with van der Waals surface area (Å²) in [6.45, 7) is 2.03. The number of carbonyl (C=O) groups is 1. The lowest BCUT2D eigenvalue weighted by Crippen LogP contribution is -2.13. The molecular weight excluding hydrogens is 458 g/mol. The first-order valence-corrected chi connectivity index (χ1v) is 8.80. The van der Waals surface area contributed by atoms with Gasteiger partial charge in [-0.2, -0.15) is 0 Å². The number of benzene rings is 1. The van der Waals surface area contributed by atoms with E-state index in [0.717, 1.165) is 18.8 Å². The summed E-state index contributed by atoms with van der Waals surface area (Å²) in [5.74, 6) is -0.116. The lowest BCUT2D eigenvalue weighted by molar-refractivity contribution is 0.102. The van der Waals surface area contributed by atoms with Gasteiger partial charge in [0.05, 0.1) is 13.1 Å². The van der Waals surface area contributed by atoms with Gasteiger partial charge in [-0.15, -0.1) is 11.3 Å². The summed E-state index contributed by atoms with van der Waals surface area (Å²) in [5.41, 5.74) is 2.52. The number of halogens is 3. The third-order valence-corrected chi connectivity index (χ3v) is 5.37. The molecule has 0 saturated carbocycles. The van der Waals surface area contributed by atoms with Crippen LogP contribution in [0.3, 0.4) is 0 Å². The standard InChI is InChI=1S/C13H10Br3NOS/c1-7(14)8-4-2-3-5-10(8)17-13(18)9-6-11(15)19-12(9)16/h2-7H,1H3,(H,17,18). The fraction of sp³-hybridized carbons (Fsp3) is 0.154. The number of alkyl halides is 1. The predicted molar refractivity (Wildman–Crippen MR) is 91.5 cm³/mol. The summed E-state index contributed by atoms with van der Waals surface area (Å²) in [7, 11) is 0. The molecule has 0 fully saturated rings. The average molecular weight is 468 g/mol. The van der Waals surface area contributed by atoms with E-state index in [-0.39, 0.29) is 10.7 Å². The maximum absolute atomic E-state index is 12.3. The number of rotatable bonds is 3. The number of nitrogens with one attached hydrogen (secondary N) is 1. The van der Waals surface area contributed by atoms with Crippen molar-refractivity contribution in [1.82, 2.24) is 0 Å². The molecule has 0 radical (unpaired) electrons. The quantitative estimate of drug-likeness (QED) is 0.552. The van der Waals surface area contributed by atoms with Gasteiger partial charge < -0.3 is 5.32 Å². The van der Waals surface area contributed by atoms with Crippen molar-refractivity contribution in [1.29, 1.82) is 0 Å². The Labute approximate surface area is 141 Å². The lowest BCUT2D eigenvalue weighted by Gasteiger charge is -2.12. The highest BCUT2D eigenvalue weighted by Crippen LogP contribution is 2.33. The maximum atomic E-state index is 12.3. The van der Waals surface area contributed by atoms with Gasteiger partial charge in [-0.3, -0.25) is 4.79 Å². The maximum Gasteiger partial charge on any atom is 0.257 e. The van der Waals surface area contributed by atoms with Crippen molar-refractivity contribution in [3.63, 3.8) is 0 Å². The number of anilines is 1. The minimum absolute atomic E-state index is 0.116. The van der Waals surface area contributed by atoms with E-state index < -0.39 is 0 Å². The van der Waals surface area contributed by atoms with Crippen LogP contribution in [-0.2, 0) is 0 Å². The van der Waals surface area contributed by atoms with Gasteiger partial charge in [-0.25, -0.2) is 0 Å². The third kappa shape index (κ3) is 3.68. The van der Waals surface area contributed by atoms with Gasteiger partial charge in [0.25, 0.3) is 5.91 Å². The van der Waals surface area contributed by atoms with Crippen molar-refractivity contribution >= 4 is 70.7 Å². The molecule has 1 unspecified atom stereocenters. The SMILES string of the molecule is CC(Br)c1ccccc1NC(=O)c1cc(Br)sc1Br. The molecule has 0 aliphatic rings. The number of carbonyl (C=O) groups excluding carboxylic acids is 1. The van der Waals surface area contributed by atoms with Crippen molar-refractivity contribution in [3.05, 3.63) is 49.0 Å². The van der Waals surface area contributed by atoms with Crippen LogP contribution in [0.5, 0.6) is 0 Å². The van der Waals surface area contributed by atoms with Crippen molar-refractivity contribution < 1.29 is 4.79 Å². The molecule has 100 valence electrons. The highest BCUT2D eigenvalue weighted by Gasteiger charge is 2.16. The molecule has 6 heteroatoms. The fourth-order valence-corrected chi connectivity index (χ4v) is 4.84. The van der Waals surface area contributed by atoms with Gasteiger partial charge >= 0.3 is 0 Å². The van der Waals surface area contributed by atoms with Crippen LogP contribution in [-0.4, -0.2) is 5.91 Å². The Kier molecular flexibility index (Phi) is 5.22. The molecule has 1 aromatic carbocycles. The van der Waals surface area contributed by atoms with Crippen LogP contribution >= 0.6 is 59.1 Å². The van der Waals surface area contributed by atoms with E-state index in [2.05, 4.69) is 53.1 Å². The molecule has 19 heavy (non-hydrogen) atoms. The third-order valence-electron chi connectivity index (χ3n) is 2.54. The summed E-state index contributed by atoms with van der Waals surface area (Å²) >= 11 is 11.8. The van der Waals surface area contributed by atoms with Crippen molar-refractivity contribution in [2.75, 3.05) is 5.32 Å². The van der Waals surface area contributed by atoms with Crippen LogP contribution in [0.2, 0.25) is 0 Å². The van der Waals surface area contributed by atoms with Crippen molar-refractivity contribution in [2.24, 2.45) is 0 Å². The van der Waals surface area contributed by atoms with E-state index in [1.165, 1.54) is 11.3 Å². The first kappa shape index (κ1) is 15.2. The summed E-state index contributed by atoms with van der Waals surface area (Å²) in [4.78, 5) is 12.4. The van der Waals surface area contributed by atoms with Crippen molar-refractivity contribution in [2.45, 2.75) is 11.8 Å². The van der Waals surface area contributed by atoms with E-state index >= 15 is 0 Å². The second kappa shape index (κ2) is 6.52. The predicted octanol–water partition coefficient (Wildman–Crippen LogP) is 5.98. The zero-order chi connectivity index (χ0) is 14.0. The van der Waals surface area contributed by atoms with Crippen molar-refractivity contribution in [3.8, 4) is 0 Å². The summed E-state index contributed by atoms with van der Waals surface area (Å²) < 4.78 is 1.74. The molecule has 0 aliphatic heterocycles. The minimum Gasteiger partial charge on any atom is -0.322 e. The topological polar surface area (TPSA) is 29.1 Å². The average Bonchev–Trinajstić information content (AvgIpc) is 2.69. The molecule has 0 spiro atoms. The minimum atomic E-state index is -0.116. The number of hydrogen-bond acceptors (Lipinski definition) is 2. The number of amides is 1. The Morgan fingerprint density at radius 3 is 2.58 bits per heavy atom. The molecule has 0 bridgehead atoms. The molecule has 2 nitrogen and oxygen atoms in total. The Balaban J connectivity index is 2.27. The van der Waals surface area contributed by atoms with E-state index in [4.69, 9.17) is 0 Å². The molecule has 1 amide bonds. The van der Waals surface area contributed by atoms with Crippen LogP contribution < -0.4 is 5.32 Å². The van der Waals surface area contributed by atoms with E-state index in [1.807, 2.05) is 37.3 Å². The summed E-state index contributed by atoms with van der Waals surface area (Å²) in [6, 6.07) is 9.57. The highest BCUT2D eigenvalue weighted by molar-refractivity contribution is 9.12. The van der Waals surface area contributed by atoms with Gasteiger partial charge in [0.2, 0.25) is 0 Å². The van der Waals surface area contributed by atoms with Gasteiger partial charge in [0.15, 0.2) is 0 Å². The van der Waals surface area contributed by atoms with Crippen LogP contribution in [0.15, 0.2) is 37.9 Å². The van der Waals surface area contributed by atoms with E-state index in [9.17, 15) is 4.79 Å². The first-order chi connectivity index (χ1) is 8.99. The Bertz CT molecular complexity index is 610. The molecule has 1 heterocycles. The van der Waals surface area contributed by atoms with Gasteiger partial charge in [-0.1, -0.05) is 34.1 Å². The molecule has 1 N–H and O–H groups in total. The number of thiophene rings is 1. The summed E-state index contributed by atoms with van der Waals surface area (Å²) in [5, 5.41) is 2.95. The largest absolute Gasteiger partial charge is 0.322 e. The zero-order valence-corrected chi connectivity index (χ0v) is 15.5. The zero-order valence-electron chi connectivity index (χ0n) is 9.91. The van der Waals surface area contributed by atoms with Crippen LogP contribution in [0.25, 0.3) is 0 Å². The van der Waals surface area contributed by atoms with E-state index in [0.29, 0.717) is 5.56 Å². The van der Waals surface area contributed by atoms with Gasteiger partial charge in [0.1, 0.15) is 0 Å². The second-order valence-corrected chi connectivity index (χ2v) is 9.02. The molecule has 1 aromatic heterocycles.